The normalized spacial score (nSPS) is 23.9. The monoisotopic (exact) mass is 226 g/mol. The first-order valence-corrected chi connectivity index (χ1v) is 5.95. The number of nitrogens with zero attached hydrogens (tertiary/aromatic N) is 3. The molecule has 1 aromatic heterocycles. The van der Waals surface area contributed by atoms with Gasteiger partial charge in [-0.3, -0.25) is 4.79 Å². The molecule has 1 fully saturated rings. The maximum Gasteiger partial charge on any atom is 0.220 e. The lowest BCUT2D eigenvalue weighted by atomic mass is 10.4. The highest BCUT2D eigenvalue weighted by molar-refractivity contribution is 8.07. The number of rotatable bonds is 4. The van der Waals surface area contributed by atoms with Crippen LogP contribution in [0.4, 0.5) is 0 Å². The summed E-state index contributed by atoms with van der Waals surface area (Å²) in [5.41, 5.74) is 0.811. The van der Waals surface area contributed by atoms with Gasteiger partial charge in [0.15, 0.2) is 0 Å². The Kier molecular flexibility index (Phi) is 2.68. The van der Waals surface area contributed by atoms with Crippen molar-refractivity contribution < 1.29 is 4.79 Å². The van der Waals surface area contributed by atoms with Crippen molar-refractivity contribution in [3.8, 4) is 0 Å². The molecule has 1 unspecified atom stereocenters. The zero-order valence-corrected chi connectivity index (χ0v) is 9.67. The summed E-state index contributed by atoms with van der Waals surface area (Å²) in [6.07, 6.45) is 2.40. The van der Waals surface area contributed by atoms with Gasteiger partial charge in [-0.05, 0) is 6.92 Å². The van der Waals surface area contributed by atoms with Crippen molar-refractivity contribution >= 4 is 17.7 Å². The Hall–Kier alpha value is -1.04. The average molecular weight is 226 g/mol. The molecule has 0 saturated carbocycles. The van der Waals surface area contributed by atoms with Gasteiger partial charge in [-0.1, -0.05) is 12.1 Å². The van der Waals surface area contributed by atoms with E-state index in [4.69, 9.17) is 0 Å². The minimum absolute atomic E-state index is 0.0385. The fourth-order valence-corrected chi connectivity index (χ4v) is 1.72. The summed E-state index contributed by atoms with van der Waals surface area (Å²) in [6.45, 7) is 4.42. The standard InChI is InChI=1S/C9H14N4OS/c1-3-8(14)10-4-7-5-13(12-11-7)9(2)6-15-9/h5H,3-4,6H2,1-2H3,(H,10,14). The molecule has 0 radical (unpaired) electrons. The second-order valence-electron chi connectivity index (χ2n) is 3.75. The Balaban J connectivity index is 1.93. The van der Waals surface area contributed by atoms with Crippen LogP contribution in [0.25, 0.3) is 0 Å². The molecular formula is C9H14N4OS. The average Bonchev–Trinajstić information content (AvgIpc) is 2.82. The van der Waals surface area contributed by atoms with E-state index in [-0.39, 0.29) is 10.8 Å². The lowest BCUT2D eigenvalue weighted by Gasteiger charge is -2.03. The van der Waals surface area contributed by atoms with Gasteiger partial charge in [-0.2, -0.15) is 0 Å². The first kappa shape index (κ1) is 10.5. The van der Waals surface area contributed by atoms with E-state index in [1.165, 1.54) is 0 Å². The number of carbonyl (C=O) groups excluding carboxylic acids is 1. The molecule has 0 aromatic carbocycles. The van der Waals surface area contributed by atoms with Crippen LogP contribution in [0.15, 0.2) is 6.20 Å². The molecule has 15 heavy (non-hydrogen) atoms. The highest BCUT2D eigenvalue weighted by atomic mass is 32.2. The van der Waals surface area contributed by atoms with Crippen LogP contribution in [0.3, 0.4) is 0 Å². The van der Waals surface area contributed by atoms with Gasteiger partial charge in [0.1, 0.15) is 10.6 Å². The van der Waals surface area contributed by atoms with Crippen LogP contribution >= 0.6 is 11.8 Å². The molecule has 0 spiro atoms. The molecule has 1 saturated heterocycles. The lowest BCUT2D eigenvalue weighted by Crippen LogP contribution is -2.21. The number of hydrogen-bond acceptors (Lipinski definition) is 4. The van der Waals surface area contributed by atoms with E-state index in [1.54, 1.807) is 0 Å². The summed E-state index contributed by atoms with van der Waals surface area (Å²) in [6, 6.07) is 0. The maximum absolute atomic E-state index is 11.0. The van der Waals surface area contributed by atoms with Crippen LogP contribution in [0.5, 0.6) is 0 Å². The van der Waals surface area contributed by atoms with Crippen LogP contribution in [-0.2, 0) is 16.2 Å². The maximum atomic E-state index is 11.0. The van der Waals surface area contributed by atoms with E-state index in [0.29, 0.717) is 13.0 Å². The number of carbonyl (C=O) groups is 1. The summed E-state index contributed by atoms with van der Waals surface area (Å²) in [7, 11) is 0. The smallest absolute Gasteiger partial charge is 0.220 e. The topological polar surface area (TPSA) is 59.8 Å². The van der Waals surface area contributed by atoms with Crippen LogP contribution in [-0.4, -0.2) is 26.7 Å². The molecule has 1 atom stereocenters. The molecule has 0 bridgehead atoms. The Bertz CT molecular complexity index is 372. The first-order valence-electron chi connectivity index (χ1n) is 4.96. The fourth-order valence-electron chi connectivity index (χ4n) is 1.16. The van der Waals surface area contributed by atoms with Gasteiger partial charge < -0.3 is 5.32 Å². The molecule has 1 aliphatic heterocycles. The third-order valence-electron chi connectivity index (χ3n) is 2.38. The molecule has 6 heteroatoms. The van der Waals surface area contributed by atoms with Gasteiger partial charge in [-0.25, -0.2) is 4.68 Å². The van der Waals surface area contributed by atoms with Crippen molar-refractivity contribution in [2.45, 2.75) is 31.7 Å². The summed E-state index contributed by atoms with van der Waals surface area (Å²) >= 11 is 1.84. The Morgan fingerprint density at radius 3 is 3.13 bits per heavy atom. The van der Waals surface area contributed by atoms with Crippen molar-refractivity contribution in [2.75, 3.05) is 5.75 Å². The van der Waals surface area contributed by atoms with Crippen molar-refractivity contribution in [3.63, 3.8) is 0 Å². The second kappa shape index (κ2) is 3.84. The van der Waals surface area contributed by atoms with Crippen molar-refractivity contribution in [1.29, 1.82) is 0 Å². The lowest BCUT2D eigenvalue weighted by molar-refractivity contribution is -0.120. The minimum Gasteiger partial charge on any atom is -0.350 e. The quantitative estimate of drug-likeness (QED) is 0.769. The van der Waals surface area contributed by atoms with Crippen LogP contribution in [0.1, 0.15) is 26.0 Å². The number of aromatic nitrogens is 3. The molecule has 1 amide bonds. The molecular weight excluding hydrogens is 212 g/mol. The molecule has 5 nitrogen and oxygen atoms in total. The summed E-state index contributed by atoms with van der Waals surface area (Å²) < 4.78 is 1.87. The molecule has 2 rings (SSSR count). The zero-order valence-electron chi connectivity index (χ0n) is 8.86. The van der Waals surface area contributed by atoms with E-state index in [0.717, 1.165) is 11.4 Å². The van der Waals surface area contributed by atoms with E-state index in [1.807, 2.05) is 29.6 Å². The molecule has 1 aromatic rings. The van der Waals surface area contributed by atoms with Crippen LogP contribution in [0, 0.1) is 0 Å². The third-order valence-corrected chi connectivity index (χ3v) is 3.69. The first-order chi connectivity index (χ1) is 7.14. The highest BCUT2D eigenvalue weighted by Crippen LogP contribution is 2.48. The van der Waals surface area contributed by atoms with Gasteiger partial charge in [0.05, 0.1) is 12.7 Å². The molecule has 0 aliphatic carbocycles. The van der Waals surface area contributed by atoms with Crippen molar-refractivity contribution in [1.82, 2.24) is 20.3 Å². The predicted molar refractivity (Wildman–Crippen MR) is 58.3 cm³/mol. The SMILES string of the molecule is CCC(=O)NCc1cn(C2(C)CS2)nn1. The van der Waals surface area contributed by atoms with E-state index in [2.05, 4.69) is 22.6 Å². The largest absolute Gasteiger partial charge is 0.350 e. The van der Waals surface area contributed by atoms with Gasteiger partial charge in [0.2, 0.25) is 5.91 Å². The van der Waals surface area contributed by atoms with Gasteiger partial charge in [0, 0.05) is 12.2 Å². The molecule has 1 aliphatic rings. The van der Waals surface area contributed by atoms with Gasteiger partial charge in [0.25, 0.3) is 0 Å². The summed E-state index contributed by atoms with van der Waals surface area (Å²) in [4.78, 5) is 11.1. The molecule has 1 N–H and O–H groups in total. The van der Waals surface area contributed by atoms with E-state index in [9.17, 15) is 4.79 Å². The number of amides is 1. The van der Waals surface area contributed by atoms with Crippen molar-refractivity contribution in [3.05, 3.63) is 11.9 Å². The second-order valence-corrected chi connectivity index (χ2v) is 5.21. The number of thioether (sulfide) groups is 1. The third kappa shape index (κ3) is 2.31. The number of nitrogens with one attached hydrogen (secondary N) is 1. The van der Waals surface area contributed by atoms with Gasteiger partial charge >= 0.3 is 0 Å². The highest BCUT2D eigenvalue weighted by Gasteiger charge is 2.42. The van der Waals surface area contributed by atoms with Crippen LogP contribution < -0.4 is 5.32 Å². The van der Waals surface area contributed by atoms with Crippen molar-refractivity contribution in [2.24, 2.45) is 0 Å². The zero-order chi connectivity index (χ0) is 10.9. The fraction of sp³-hybridized carbons (Fsp3) is 0.667. The predicted octanol–water partition coefficient (Wildman–Crippen LogP) is 0.724. The van der Waals surface area contributed by atoms with Gasteiger partial charge in [-0.15, -0.1) is 16.9 Å². The Morgan fingerprint density at radius 2 is 2.53 bits per heavy atom. The van der Waals surface area contributed by atoms with E-state index < -0.39 is 0 Å². The minimum atomic E-state index is 0.0385. The Morgan fingerprint density at radius 1 is 1.80 bits per heavy atom. The summed E-state index contributed by atoms with van der Waals surface area (Å²) in [5.74, 6) is 1.12. The number of hydrogen-bond donors (Lipinski definition) is 1. The summed E-state index contributed by atoms with van der Waals surface area (Å²) in [5, 5.41) is 10.8. The van der Waals surface area contributed by atoms with Crippen LogP contribution in [0.2, 0.25) is 0 Å². The molecule has 2 heterocycles. The van der Waals surface area contributed by atoms with E-state index >= 15 is 0 Å². The Labute approximate surface area is 92.6 Å². The molecule has 82 valence electrons.